The molecule has 0 saturated carbocycles. The molecule has 15 heavy (non-hydrogen) atoms. The van der Waals surface area contributed by atoms with Gasteiger partial charge in [0.1, 0.15) is 0 Å². The molecule has 1 aromatic carbocycles. The van der Waals surface area contributed by atoms with Gasteiger partial charge in [-0.1, -0.05) is 31.4 Å². The maximum atomic E-state index is 11.8. The van der Waals surface area contributed by atoms with E-state index in [1.807, 2.05) is 13.0 Å². The summed E-state index contributed by atoms with van der Waals surface area (Å²) in [5, 5.41) is 0. The molecule has 3 heteroatoms. The molecular formula is C12H11F3. The lowest BCUT2D eigenvalue weighted by Crippen LogP contribution is -2.01. The summed E-state index contributed by atoms with van der Waals surface area (Å²) in [6, 6.07) is 6.90. The van der Waals surface area contributed by atoms with Crippen LogP contribution in [0.1, 0.15) is 24.5 Å². The second-order valence-electron chi connectivity index (χ2n) is 3.20. The molecule has 0 N–H and O–H groups in total. The third-order valence-corrected chi connectivity index (χ3v) is 1.81. The van der Waals surface area contributed by atoms with Crippen LogP contribution in [0, 0.1) is 11.8 Å². The van der Waals surface area contributed by atoms with Gasteiger partial charge in [-0.25, -0.2) is 0 Å². The Morgan fingerprint density at radius 1 is 1.27 bits per heavy atom. The molecule has 80 valence electrons. The Bertz CT molecular complexity index is 380. The van der Waals surface area contributed by atoms with Crippen LogP contribution in [0.25, 0.3) is 0 Å². The molecular weight excluding hydrogens is 201 g/mol. The largest absolute Gasteiger partial charge is 0.458 e. The van der Waals surface area contributed by atoms with E-state index in [4.69, 9.17) is 0 Å². The number of aryl methyl sites for hydroxylation is 1. The molecule has 0 aromatic heterocycles. The fraction of sp³-hybridized carbons (Fsp3) is 0.333. The first-order valence-corrected chi connectivity index (χ1v) is 4.70. The van der Waals surface area contributed by atoms with Crippen molar-refractivity contribution < 1.29 is 13.2 Å². The zero-order valence-corrected chi connectivity index (χ0v) is 8.36. The number of rotatable bonds is 2. The molecule has 0 nitrogen and oxygen atoms in total. The summed E-state index contributed by atoms with van der Waals surface area (Å²) >= 11 is 0. The Hall–Kier alpha value is -1.43. The molecule has 0 spiro atoms. The lowest BCUT2D eigenvalue weighted by Gasteiger charge is -1.98. The quantitative estimate of drug-likeness (QED) is 0.657. The van der Waals surface area contributed by atoms with Gasteiger partial charge in [0.25, 0.3) is 0 Å². The van der Waals surface area contributed by atoms with Gasteiger partial charge in [0.15, 0.2) is 0 Å². The van der Waals surface area contributed by atoms with Gasteiger partial charge in [0.05, 0.1) is 0 Å². The first-order valence-electron chi connectivity index (χ1n) is 4.70. The minimum absolute atomic E-state index is 0.415. The fourth-order valence-corrected chi connectivity index (χ4v) is 1.24. The van der Waals surface area contributed by atoms with Crippen molar-refractivity contribution in [3.8, 4) is 11.8 Å². The Balaban J connectivity index is 2.85. The molecule has 0 unspecified atom stereocenters. The van der Waals surface area contributed by atoms with Gasteiger partial charge in [-0.15, -0.1) is 0 Å². The van der Waals surface area contributed by atoms with Crippen molar-refractivity contribution >= 4 is 0 Å². The van der Waals surface area contributed by atoms with Crippen molar-refractivity contribution in [2.45, 2.75) is 25.9 Å². The predicted octanol–water partition coefficient (Wildman–Crippen LogP) is 3.55. The molecule has 0 atom stereocenters. The summed E-state index contributed by atoms with van der Waals surface area (Å²) in [5.41, 5.74) is 1.43. The molecule has 0 amide bonds. The van der Waals surface area contributed by atoms with E-state index >= 15 is 0 Å². The smallest absolute Gasteiger partial charge is 0.159 e. The molecule has 0 fully saturated rings. The van der Waals surface area contributed by atoms with E-state index in [9.17, 15) is 13.2 Å². The standard InChI is InChI=1S/C12H11F3/c1-2-4-10-5-3-6-11(9-10)7-8-12(13,14)15/h3,5-6,9H,2,4H2,1H3. The van der Waals surface area contributed by atoms with Crippen molar-refractivity contribution in [2.24, 2.45) is 0 Å². The summed E-state index contributed by atoms with van der Waals surface area (Å²) in [7, 11) is 0. The van der Waals surface area contributed by atoms with E-state index in [1.54, 1.807) is 18.2 Å². The van der Waals surface area contributed by atoms with Crippen LogP contribution in [0.3, 0.4) is 0 Å². The third-order valence-electron chi connectivity index (χ3n) is 1.81. The second kappa shape index (κ2) is 4.88. The van der Waals surface area contributed by atoms with Crippen LogP contribution < -0.4 is 0 Å². The highest BCUT2D eigenvalue weighted by molar-refractivity contribution is 5.37. The van der Waals surface area contributed by atoms with Crippen molar-refractivity contribution in [1.29, 1.82) is 0 Å². The average Bonchev–Trinajstić information content (AvgIpc) is 2.15. The van der Waals surface area contributed by atoms with Crippen molar-refractivity contribution in [2.75, 3.05) is 0 Å². The highest BCUT2D eigenvalue weighted by Gasteiger charge is 2.22. The molecule has 0 aliphatic carbocycles. The lowest BCUT2D eigenvalue weighted by molar-refractivity contribution is -0.0696. The van der Waals surface area contributed by atoms with Gasteiger partial charge >= 0.3 is 6.18 Å². The maximum Gasteiger partial charge on any atom is 0.458 e. The highest BCUT2D eigenvalue weighted by atomic mass is 19.4. The SMILES string of the molecule is CCCc1cccc(C#CC(F)(F)F)c1. The van der Waals surface area contributed by atoms with Gasteiger partial charge in [-0.2, -0.15) is 13.2 Å². The molecule has 0 saturated heterocycles. The van der Waals surface area contributed by atoms with Gasteiger partial charge < -0.3 is 0 Å². The molecule has 0 heterocycles. The summed E-state index contributed by atoms with van der Waals surface area (Å²) in [6.07, 6.45) is -2.58. The van der Waals surface area contributed by atoms with Crippen LogP contribution in [0.2, 0.25) is 0 Å². The first-order chi connectivity index (χ1) is 7.01. The first kappa shape index (κ1) is 11.6. The summed E-state index contributed by atoms with van der Waals surface area (Å²) in [5.74, 6) is 3.37. The maximum absolute atomic E-state index is 11.8. The van der Waals surface area contributed by atoms with E-state index in [-0.39, 0.29) is 0 Å². The van der Waals surface area contributed by atoms with E-state index in [0.29, 0.717) is 5.56 Å². The van der Waals surface area contributed by atoms with Crippen LogP contribution in [0.4, 0.5) is 13.2 Å². The number of hydrogen-bond acceptors (Lipinski definition) is 0. The predicted molar refractivity (Wildman–Crippen MR) is 53.4 cm³/mol. The van der Waals surface area contributed by atoms with Crippen LogP contribution in [0.5, 0.6) is 0 Å². The number of hydrogen-bond donors (Lipinski definition) is 0. The van der Waals surface area contributed by atoms with E-state index in [1.165, 1.54) is 5.92 Å². The Morgan fingerprint density at radius 2 is 2.00 bits per heavy atom. The van der Waals surface area contributed by atoms with Crippen LogP contribution in [-0.4, -0.2) is 6.18 Å². The molecule has 0 bridgehead atoms. The fourth-order valence-electron chi connectivity index (χ4n) is 1.24. The zero-order valence-electron chi connectivity index (χ0n) is 8.36. The highest BCUT2D eigenvalue weighted by Crippen LogP contribution is 2.13. The second-order valence-corrected chi connectivity index (χ2v) is 3.20. The average molecular weight is 212 g/mol. The molecule has 0 radical (unpaired) electrons. The van der Waals surface area contributed by atoms with Gasteiger partial charge in [-0.3, -0.25) is 0 Å². The topological polar surface area (TPSA) is 0 Å². The van der Waals surface area contributed by atoms with E-state index < -0.39 is 6.18 Å². The van der Waals surface area contributed by atoms with E-state index in [2.05, 4.69) is 5.92 Å². The van der Waals surface area contributed by atoms with Gasteiger partial charge in [-0.05, 0) is 24.1 Å². The van der Waals surface area contributed by atoms with Crippen LogP contribution in [-0.2, 0) is 6.42 Å². The molecule has 0 aliphatic heterocycles. The van der Waals surface area contributed by atoms with Crippen molar-refractivity contribution in [3.05, 3.63) is 35.4 Å². The van der Waals surface area contributed by atoms with Crippen LogP contribution >= 0.6 is 0 Å². The number of benzene rings is 1. The van der Waals surface area contributed by atoms with Crippen molar-refractivity contribution in [3.63, 3.8) is 0 Å². The normalized spacial score (nSPS) is 10.7. The Labute approximate surface area is 87.1 Å². The lowest BCUT2D eigenvalue weighted by atomic mass is 10.1. The third kappa shape index (κ3) is 4.55. The molecule has 1 rings (SSSR count). The summed E-state index contributed by atoms with van der Waals surface area (Å²) < 4.78 is 35.4. The monoisotopic (exact) mass is 212 g/mol. The minimum Gasteiger partial charge on any atom is -0.159 e. The summed E-state index contributed by atoms with van der Waals surface area (Å²) in [4.78, 5) is 0. The summed E-state index contributed by atoms with van der Waals surface area (Å²) in [6.45, 7) is 2.02. The number of halogens is 3. The molecule has 1 aromatic rings. The number of alkyl halides is 3. The Kier molecular flexibility index (Phi) is 3.79. The van der Waals surface area contributed by atoms with Crippen molar-refractivity contribution in [1.82, 2.24) is 0 Å². The van der Waals surface area contributed by atoms with Crippen LogP contribution in [0.15, 0.2) is 24.3 Å². The van der Waals surface area contributed by atoms with Gasteiger partial charge in [0.2, 0.25) is 0 Å². The van der Waals surface area contributed by atoms with Gasteiger partial charge in [0, 0.05) is 11.5 Å². The zero-order chi connectivity index (χ0) is 11.3. The van der Waals surface area contributed by atoms with E-state index in [0.717, 1.165) is 18.4 Å². The molecule has 0 aliphatic rings. The Morgan fingerprint density at radius 3 is 2.60 bits per heavy atom. The minimum atomic E-state index is -4.42.